The first-order valence-corrected chi connectivity index (χ1v) is 15.6. The van der Waals surface area contributed by atoms with E-state index in [1.165, 1.54) is 67.5 Å². The van der Waals surface area contributed by atoms with Crippen LogP contribution in [0.5, 0.6) is 11.5 Å². The number of hydrogen-bond acceptors (Lipinski definition) is 6. The molecule has 0 aliphatic carbocycles. The number of aliphatic carboxylic acids is 1. The van der Waals surface area contributed by atoms with Crippen molar-refractivity contribution in [2.24, 2.45) is 0 Å². The summed E-state index contributed by atoms with van der Waals surface area (Å²) in [7, 11) is 4.28. The quantitative estimate of drug-likeness (QED) is 0.108. The van der Waals surface area contributed by atoms with E-state index in [0.29, 0.717) is 12.1 Å². The van der Waals surface area contributed by atoms with E-state index in [-0.39, 0.29) is 65.1 Å². The molecule has 1 amide bonds. The average molecular weight is 758 g/mol. The van der Waals surface area contributed by atoms with Gasteiger partial charge in [0.25, 0.3) is 5.91 Å². The molecule has 3 aromatic carbocycles. The number of carbonyl (C=O) groups is 2. The highest BCUT2D eigenvalue weighted by Crippen LogP contribution is 2.40. The lowest BCUT2D eigenvalue weighted by molar-refractivity contribution is -0.143. The van der Waals surface area contributed by atoms with Crippen LogP contribution < -0.4 is 14.4 Å². The molecule has 0 atom stereocenters. The van der Waals surface area contributed by atoms with Crippen molar-refractivity contribution in [1.29, 1.82) is 0 Å². The molecule has 4 aromatic rings. The minimum Gasteiger partial charge on any atom is -0.496 e. The minimum atomic E-state index is -5.17. The Morgan fingerprint density at radius 2 is 1.40 bits per heavy atom. The third-order valence-corrected chi connectivity index (χ3v) is 7.81. The van der Waals surface area contributed by atoms with Gasteiger partial charge >= 0.3 is 24.5 Å². The average Bonchev–Trinajstić information content (AvgIpc) is 3.08. The summed E-state index contributed by atoms with van der Waals surface area (Å²) < 4.78 is 136. The van der Waals surface area contributed by atoms with Gasteiger partial charge in [-0.05, 0) is 83.8 Å². The number of hydrogen-bond donors (Lipinski definition) is 1. The molecule has 53 heavy (non-hydrogen) atoms. The van der Waals surface area contributed by atoms with E-state index < -0.39 is 65.7 Å². The number of carbonyl (C=O) groups excluding carboxylic acids is 1. The maximum atomic E-state index is 14.1. The predicted octanol–water partition coefficient (Wildman–Crippen LogP) is 8.97. The molecule has 0 bridgehead atoms. The number of ether oxygens (including phenoxy) is 2. The van der Waals surface area contributed by atoms with Crippen LogP contribution >= 0.6 is 0 Å². The molecule has 0 saturated heterocycles. The first-order chi connectivity index (χ1) is 24.7. The summed E-state index contributed by atoms with van der Waals surface area (Å²) in [5.41, 5.74) is -4.41. The number of rotatable bonds is 13. The maximum absolute atomic E-state index is 14.1. The highest BCUT2D eigenvalue weighted by molar-refractivity contribution is 5.96. The van der Waals surface area contributed by atoms with Crippen molar-refractivity contribution in [1.82, 2.24) is 9.88 Å². The smallest absolute Gasteiger partial charge is 0.416 e. The third kappa shape index (κ3) is 10.5. The largest absolute Gasteiger partial charge is 0.496 e. The standard InChI is InChI=1S/C36H32F9N3O5/c1-47(2)33(51)22-6-10-30(52-3)29(16-22)28-9-7-24(34(37,38)39)15-23(28)20-48(31-11-8-27(18-46-31)53-12-4-5-32(49)50)19-21-13-25(35(40,41)42)17-26(14-21)36(43,44)45/h6-11,13-18H,4-5,12,19-20H2,1-3H3,(H,49,50). The second-order valence-corrected chi connectivity index (χ2v) is 12.0. The van der Waals surface area contributed by atoms with Crippen LogP contribution in [0.3, 0.4) is 0 Å². The van der Waals surface area contributed by atoms with Crippen LogP contribution in [0, 0.1) is 0 Å². The van der Waals surface area contributed by atoms with E-state index in [1.54, 1.807) is 0 Å². The predicted molar refractivity (Wildman–Crippen MR) is 174 cm³/mol. The highest BCUT2D eigenvalue weighted by Gasteiger charge is 2.37. The molecule has 4 rings (SSSR count). The number of anilines is 1. The summed E-state index contributed by atoms with van der Waals surface area (Å²) in [6.07, 6.45) is -14.1. The summed E-state index contributed by atoms with van der Waals surface area (Å²) in [5.74, 6) is -1.26. The molecule has 0 radical (unpaired) electrons. The lowest BCUT2D eigenvalue weighted by Crippen LogP contribution is -2.25. The molecular formula is C36H32F9N3O5. The van der Waals surface area contributed by atoms with Crippen molar-refractivity contribution < 1.29 is 63.7 Å². The van der Waals surface area contributed by atoms with Crippen molar-refractivity contribution in [2.75, 3.05) is 32.7 Å². The van der Waals surface area contributed by atoms with Gasteiger partial charge in [0, 0.05) is 44.7 Å². The molecule has 1 heterocycles. The summed E-state index contributed by atoms with van der Waals surface area (Å²) in [6.45, 7) is -1.26. The number of amides is 1. The zero-order chi connectivity index (χ0) is 39.3. The van der Waals surface area contributed by atoms with E-state index in [0.717, 1.165) is 18.2 Å². The fraction of sp³-hybridized carbons (Fsp3) is 0.306. The molecule has 0 spiro atoms. The van der Waals surface area contributed by atoms with Gasteiger partial charge in [-0.2, -0.15) is 39.5 Å². The van der Waals surface area contributed by atoms with Gasteiger partial charge in [0.15, 0.2) is 0 Å². The van der Waals surface area contributed by atoms with Gasteiger partial charge in [-0.15, -0.1) is 0 Å². The minimum absolute atomic E-state index is 0.0215. The molecule has 0 aliphatic rings. The van der Waals surface area contributed by atoms with Crippen LogP contribution in [-0.4, -0.2) is 54.7 Å². The molecular weight excluding hydrogens is 725 g/mol. The number of alkyl halides is 9. The number of carboxylic acid groups (broad SMARTS) is 1. The molecule has 17 heteroatoms. The molecule has 1 aromatic heterocycles. The summed E-state index contributed by atoms with van der Waals surface area (Å²) in [4.78, 5) is 30.3. The molecule has 284 valence electrons. The Bertz CT molecular complexity index is 1890. The Labute approximate surface area is 297 Å². The normalized spacial score (nSPS) is 12.0. The molecule has 0 unspecified atom stereocenters. The van der Waals surface area contributed by atoms with Crippen molar-refractivity contribution >= 4 is 17.7 Å². The third-order valence-electron chi connectivity index (χ3n) is 7.81. The number of halogens is 9. The fourth-order valence-corrected chi connectivity index (χ4v) is 5.29. The van der Waals surface area contributed by atoms with Gasteiger partial charge < -0.3 is 24.4 Å². The summed E-state index contributed by atoms with van der Waals surface area (Å²) in [6, 6.07) is 10.6. The van der Waals surface area contributed by atoms with E-state index >= 15 is 0 Å². The Kier molecular flexibility index (Phi) is 12.2. The van der Waals surface area contributed by atoms with Gasteiger partial charge in [0.2, 0.25) is 0 Å². The molecule has 0 saturated carbocycles. The van der Waals surface area contributed by atoms with E-state index in [4.69, 9.17) is 14.6 Å². The Morgan fingerprint density at radius 1 is 0.755 bits per heavy atom. The van der Waals surface area contributed by atoms with Gasteiger partial charge in [-0.25, -0.2) is 4.98 Å². The van der Waals surface area contributed by atoms with Gasteiger partial charge in [0.1, 0.15) is 17.3 Å². The lowest BCUT2D eigenvalue weighted by Gasteiger charge is -2.27. The summed E-state index contributed by atoms with van der Waals surface area (Å²) >= 11 is 0. The molecule has 0 aliphatic heterocycles. The van der Waals surface area contributed by atoms with Gasteiger partial charge in [0.05, 0.1) is 36.6 Å². The number of aromatic nitrogens is 1. The highest BCUT2D eigenvalue weighted by atomic mass is 19.4. The first-order valence-electron chi connectivity index (χ1n) is 15.6. The SMILES string of the molecule is COc1ccc(C(=O)N(C)C)cc1-c1ccc(C(F)(F)F)cc1CN(Cc1cc(C(F)(F)F)cc(C(F)(F)F)c1)c1ccc(OCCCC(=O)O)cn1. The van der Waals surface area contributed by atoms with E-state index in [9.17, 15) is 49.1 Å². The molecule has 1 N–H and O–H groups in total. The van der Waals surface area contributed by atoms with Gasteiger partial charge in [-0.1, -0.05) is 6.07 Å². The Morgan fingerprint density at radius 3 is 1.92 bits per heavy atom. The van der Waals surface area contributed by atoms with Crippen LogP contribution in [-0.2, 0) is 36.4 Å². The lowest BCUT2D eigenvalue weighted by atomic mass is 9.94. The second kappa shape index (κ2) is 16.0. The van der Waals surface area contributed by atoms with Crippen molar-refractivity contribution in [3.8, 4) is 22.6 Å². The number of carboxylic acids is 1. The Hall–Kier alpha value is -5.48. The fourth-order valence-electron chi connectivity index (χ4n) is 5.29. The Balaban J connectivity index is 1.89. The monoisotopic (exact) mass is 757 g/mol. The van der Waals surface area contributed by atoms with Crippen molar-refractivity contribution in [2.45, 2.75) is 44.5 Å². The van der Waals surface area contributed by atoms with Crippen LogP contribution in [0.2, 0.25) is 0 Å². The van der Waals surface area contributed by atoms with Crippen LogP contribution in [0.4, 0.5) is 45.3 Å². The number of methoxy groups -OCH3 is 1. The van der Waals surface area contributed by atoms with Crippen LogP contribution in [0.25, 0.3) is 11.1 Å². The van der Waals surface area contributed by atoms with Crippen LogP contribution in [0.15, 0.2) is 72.9 Å². The second-order valence-electron chi connectivity index (χ2n) is 12.0. The number of benzene rings is 3. The molecule has 8 nitrogen and oxygen atoms in total. The maximum Gasteiger partial charge on any atom is 0.416 e. The van der Waals surface area contributed by atoms with Crippen molar-refractivity contribution in [3.63, 3.8) is 0 Å². The topological polar surface area (TPSA) is 92.2 Å². The zero-order valence-electron chi connectivity index (χ0n) is 28.3. The van der Waals surface area contributed by atoms with Crippen LogP contribution in [0.1, 0.15) is 51.0 Å². The number of nitrogens with zero attached hydrogens (tertiary/aromatic N) is 3. The molecule has 0 fully saturated rings. The summed E-state index contributed by atoms with van der Waals surface area (Å²) in [5, 5.41) is 8.83. The number of pyridine rings is 1. The van der Waals surface area contributed by atoms with E-state index in [1.807, 2.05) is 0 Å². The van der Waals surface area contributed by atoms with Crippen molar-refractivity contribution in [3.05, 3.63) is 106 Å². The van der Waals surface area contributed by atoms with Gasteiger partial charge in [-0.3, -0.25) is 9.59 Å². The van der Waals surface area contributed by atoms with E-state index in [2.05, 4.69) is 4.98 Å². The first kappa shape index (κ1) is 40.3. The zero-order valence-corrected chi connectivity index (χ0v) is 28.3.